The van der Waals surface area contributed by atoms with E-state index in [2.05, 4.69) is 12.9 Å². The number of aliphatic hydroxyl groups excluding tert-OH is 4. The van der Waals surface area contributed by atoms with Gasteiger partial charge in [-0.25, -0.2) is 27.8 Å². The van der Waals surface area contributed by atoms with Crippen molar-refractivity contribution in [1.82, 2.24) is 19.1 Å². The Morgan fingerprint density at radius 2 is 1.02 bits per heavy atom. The molecule has 0 aromatic carbocycles. The molecule has 0 radical (unpaired) electrons. The van der Waals surface area contributed by atoms with Gasteiger partial charge in [0.2, 0.25) is 0 Å². The van der Waals surface area contributed by atoms with Crippen molar-refractivity contribution >= 4 is 31.3 Å². The number of H-pyrrole nitrogens is 2. The van der Waals surface area contributed by atoms with Crippen LogP contribution in [0.2, 0.25) is 0 Å². The van der Waals surface area contributed by atoms with E-state index in [1.807, 2.05) is 9.97 Å². The van der Waals surface area contributed by atoms with Gasteiger partial charge in [-0.3, -0.25) is 37.7 Å². The molecule has 2 saturated heterocycles. The molecule has 2 aromatic rings. The molecule has 0 saturated carbocycles. The zero-order valence-corrected chi connectivity index (χ0v) is 27.3. The summed E-state index contributed by atoms with van der Waals surface area (Å²) in [5.41, 5.74) is -3.88. The number of nitrogens with zero attached hydrogens (tertiary/aromatic N) is 2. The molecular weight excluding hydrogens is 764 g/mol. The second kappa shape index (κ2) is 14.7. The highest BCUT2D eigenvalue weighted by Gasteiger charge is 2.51. The van der Waals surface area contributed by atoms with Gasteiger partial charge in [-0.05, 0) is 0 Å². The van der Waals surface area contributed by atoms with Crippen LogP contribution in [-0.4, -0.2) is 109 Å². The number of hydrogen-bond acceptors (Lipinski definition) is 19. The summed E-state index contributed by atoms with van der Waals surface area (Å²) in [7, 11) is -24.1. The van der Waals surface area contributed by atoms with Gasteiger partial charge in [0.25, 0.3) is 11.1 Å². The smallest absolute Gasteiger partial charge is 0.387 e. The fourth-order valence-corrected chi connectivity index (χ4v) is 9.30. The summed E-state index contributed by atoms with van der Waals surface area (Å²) in [6.45, 7) is -2.49. The average molecular weight is 790 g/mol. The summed E-state index contributed by atoms with van der Waals surface area (Å²) in [5, 5.41) is 41.7. The quantitative estimate of drug-likeness (QED) is 0.0811. The number of ether oxygens (including phenoxy) is 2. The third-order valence-electron chi connectivity index (χ3n) is 6.34. The number of aromatic nitrogens is 4. The molecule has 0 aliphatic carbocycles. The van der Waals surface area contributed by atoms with Crippen molar-refractivity contribution in [2.75, 3.05) is 13.2 Å². The highest BCUT2D eigenvalue weighted by molar-refractivity contribution is 7.69. The third kappa shape index (κ3) is 9.93. The summed E-state index contributed by atoms with van der Waals surface area (Å²) in [6.07, 6.45) is -13.1. The molecule has 4 rings (SSSR count). The van der Waals surface area contributed by atoms with E-state index in [0.717, 1.165) is 24.5 Å². The van der Waals surface area contributed by atoms with Crippen LogP contribution in [0.15, 0.2) is 43.7 Å². The highest BCUT2D eigenvalue weighted by Crippen LogP contribution is 2.72. The second-order valence-electron chi connectivity index (χ2n) is 9.84. The number of aromatic amines is 2. The lowest BCUT2D eigenvalue weighted by atomic mass is 10.1. The monoisotopic (exact) mass is 790 g/mol. The van der Waals surface area contributed by atoms with Gasteiger partial charge in [0.05, 0.1) is 13.2 Å². The summed E-state index contributed by atoms with van der Waals surface area (Å²) in [6, 6.07) is 1.71. The average Bonchev–Trinajstić information content (AvgIpc) is 3.38. The molecular formula is C18H26N4O23P4. The molecule has 4 heterocycles. The standard InChI is InChI=1S/C18H26N4O23P4/c23-9-1-3-21(17(29)19-9)15-13(27)11(25)7(41-15)5-39-49(38,45-48(36,37)44-47(34,35)43-46(31,32)33)40-6-8-12(26)14(28)16(42-8)22-4-2-10(24)20-18(22)30/h1-4,7-8,11-16,25-28H,5-6H2,(H,34,35)(H,36,37)(H,19,23,29)(H,20,24,30)(H2,31,32,33)/t7-,8-,11-,12-,13-,14-,15-,16-/m1/s1. The van der Waals surface area contributed by atoms with Crippen molar-refractivity contribution < 1.29 is 89.7 Å². The minimum absolute atomic E-state index is 0.631. The molecule has 10 N–H and O–H groups in total. The van der Waals surface area contributed by atoms with E-state index in [-0.39, 0.29) is 0 Å². The predicted octanol–water partition coefficient (Wildman–Crippen LogP) is -4.19. The van der Waals surface area contributed by atoms with Crippen molar-refractivity contribution in [2.24, 2.45) is 0 Å². The Kier molecular flexibility index (Phi) is 11.9. The Morgan fingerprint density at radius 3 is 1.39 bits per heavy atom. The van der Waals surface area contributed by atoms with Crippen LogP contribution in [0, 0.1) is 0 Å². The molecule has 0 amide bonds. The first kappa shape index (κ1) is 39.5. The van der Waals surface area contributed by atoms with Crippen LogP contribution >= 0.6 is 31.3 Å². The number of phosphoric ester groups is 1. The summed E-state index contributed by atoms with van der Waals surface area (Å²) in [4.78, 5) is 87.6. The lowest BCUT2D eigenvalue weighted by molar-refractivity contribution is -0.0639. The fraction of sp³-hybridized carbons (Fsp3) is 0.556. The van der Waals surface area contributed by atoms with Crippen molar-refractivity contribution in [2.45, 2.75) is 49.1 Å². The van der Waals surface area contributed by atoms with Crippen LogP contribution in [0.1, 0.15) is 12.5 Å². The zero-order valence-electron chi connectivity index (χ0n) is 23.7. The minimum Gasteiger partial charge on any atom is -0.387 e. The number of aliphatic hydroxyl groups is 4. The maximum Gasteiger partial charge on any atom is 0.490 e. The Balaban J connectivity index is 1.55. The second-order valence-corrected chi connectivity index (χ2v) is 16.1. The van der Waals surface area contributed by atoms with Gasteiger partial charge in [-0.1, -0.05) is 0 Å². The van der Waals surface area contributed by atoms with Gasteiger partial charge in [0, 0.05) is 24.5 Å². The van der Waals surface area contributed by atoms with Crippen LogP contribution in [-0.2, 0) is 49.7 Å². The number of rotatable bonds is 14. The SMILES string of the molecule is O=c1ccn([C@@H]2O[C@H](COP(=O)(OC[C@H]3O[C@@H](n4ccc(=O)[nH]c4=O)[C@H](O)[C@@H]3O)OP(=O)(O)OP(=O)(O)OP(=O)(O)O)[C@@H](O)[C@H]2O)c(=O)[nH]1. The molecule has 10 atom stereocenters. The fourth-order valence-electron chi connectivity index (χ4n) is 4.28. The Hall–Kier alpha value is -2.32. The lowest BCUT2D eigenvalue weighted by Crippen LogP contribution is -2.37. The van der Waals surface area contributed by atoms with Crippen LogP contribution < -0.4 is 22.5 Å². The maximum absolute atomic E-state index is 13.5. The van der Waals surface area contributed by atoms with Crippen molar-refractivity contribution in [3.8, 4) is 0 Å². The molecule has 276 valence electrons. The first-order valence-electron chi connectivity index (χ1n) is 12.9. The normalized spacial score (nSPS) is 31.2. The van der Waals surface area contributed by atoms with E-state index in [1.165, 1.54) is 0 Å². The van der Waals surface area contributed by atoms with Crippen molar-refractivity contribution in [3.05, 3.63) is 66.2 Å². The predicted molar refractivity (Wildman–Crippen MR) is 149 cm³/mol. The molecule has 2 aliphatic rings. The first-order valence-corrected chi connectivity index (χ1v) is 18.9. The van der Waals surface area contributed by atoms with Crippen LogP contribution in [0.5, 0.6) is 0 Å². The van der Waals surface area contributed by atoms with Crippen LogP contribution in [0.4, 0.5) is 0 Å². The van der Waals surface area contributed by atoms with Gasteiger partial charge in [-0.2, -0.15) is 12.9 Å². The molecule has 2 aliphatic heterocycles. The van der Waals surface area contributed by atoms with E-state index in [4.69, 9.17) is 28.3 Å². The van der Waals surface area contributed by atoms with Crippen LogP contribution in [0.25, 0.3) is 0 Å². The maximum atomic E-state index is 13.5. The van der Waals surface area contributed by atoms with E-state index >= 15 is 0 Å². The molecule has 0 bridgehead atoms. The lowest BCUT2D eigenvalue weighted by Gasteiger charge is -2.24. The topological polar surface area (TPSA) is 404 Å². The molecule has 2 unspecified atom stereocenters. The van der Waals surface area contributed by atoms with Gasteiger partial charge >= 0.3 is 42.7 Å². The molecule has 0 spiro atoms. The van der Waals surface area contributed by atoms with Gasteiger partial charge in [0.1, 0.15) is 36.6 Å². The van der Waals surface area contributed by atoms with Gasteiger partial charge in [0.15, 0.2) is 12.5 Å². The summed E-state index contributed by atoms with van der Waals surface area (Å²) >= 11 is 0. The molecule has 2 fully saturated rings. The van der Waals surface area contributed by atoms with Gasteiger partial charge in [-0.15, -0.1) is 0 Å². The Bertz CT molecular complexity index is 1850. The number of phosphoric acid groups is 4. The zero-order chi connectivity index (χ0) is 36.7. The molecule has 31 heteroatoms. The molecule has 27 nitrogen and oxygen atoms in total. The van der Waals surface area contributed by atoms with Crippen molar-refractivity contribution in [1.29, 1.82) is 0 Å². The molecule has 2 aromatic heterocycles. The minimum atomic E-state index is -6.30. The summed E-state index contributed by atoms with van der Waals surface area (Å²) in [5.74, 6) is 0. The van der Waals surface area contributed by atoms with E-state index in [9.17, 15) is 67.7 Å². The number of hydrogen-bond donors (Lipinski definition) is 10. The third-order valence-corrected chi connectivity index (χ3v) is 12.2. The molecule has 49 heavy (non-hydrogen) atoms. The summed E-state index contributed by atoms with van der Waals surface area (Å²) < 4.78 is 81.8. The van der Waals surface area contributed by atoms with E-state index in [0.29, 0.717) is 9.13 Å². The highest BCUT2D eigenvalue weighted by atomic mass is 31.3. The Morgan fingerprint density at radius 1 is 0.633 bits per heavy atom. The van der Waals surface area contributed by atoms with E-state index < -0.39 is 116 Å². The van der Waals surface area contributed by atoms with E-state index in [1.54, 1.807) is 0 Å². The largest absolute Gasteiger partial charge is 0.490 e. The number of nitrogens with one attached hydrogen (secondary N) is 2. The van der Waals surface area contributed by atoms with Crippen molar-refractivity contribution in [3.63, 3.8) is 0 Å². The first-order chi connectivity index (χ1) is 22.5. The Labute approximate surface area is 268 Å². The van der Waals surface area contributed by atoms with Crippen LogP contribution in [0.3, 0.4) is 0 Å². The van der Waals surface area contributed by atoms with Gasteiger partial charge < -0.3 is 49.5 Å².